The lowest BCUT2D eigenvalue weighted by atomic mass is 9.93. The van der Waals surface area contributed by atoms with Crippen LogP contribution in [0.1, 0.15) is 48.8 Å². The van der Waals surface area contributed by atoms with Gasteiger partial charge in [0.15, 0.2) is 17.3 Å². The van der Waals surface area contributed by atoms with Crippen molar-refractivity contribution in [1.29, 1.82) is 0 Å². The van der Waals surface area contributed by atoms with E-state index in [9.17, 15) is 9.90 Å². The third kappa shape index (κ3) is 5.69. The number of nitrogens with two attached hydrogens (primary N) is 1. The van der Waals surface area contributed by atoms with E-state index >= 15 is 0 Å². The molecule has 1 amide bonds. The van der Waals surface area contributed by atoms with Gasteiger partial charge in [0.25, 0.3) is 5.91 Å². The summed E-state index contributed by atoms with van der Waals surface area (Å²) in [5, 5.41) is 16.4. The molecule has 10 heteroatoms. The van der Waals surface area contributed by atoms with Crippen LogP contribution in [0.25, 0.3) is 0 Å². The van der Waals surface area contributed by atoms with Crippen molar-refractivity contribution < 1.29 is 9.90 Å². The molecule has 10 nitrogen and oxygen atoms in total. The fourth-order valence-electron chi connectivity index (χ4n) is 4.34. The molecule has 1 aliphatic heterocycles. The quantitative estimate of drug-likeness (QED) is 0.494. The lowest BCUT2D eigenvalue weighted by Crippen LogP contribution is -2.44. The summed E-state index contributed by atoms with van der Waals surface area (Å²) in [6, 6.07) is 4.11. The molecular weight excluding hydrogens is 420 g/mol. The highest BCUT2D eigenvalue weighted by Gasteiger charge is 2.23. The molecule has 1 aliphatic carbocycles. The Labute approximate surface area is 194 Å². The highest BCUT2D eigenvalue weighted by molar-refractivity contribution is 5.96. The van der Waals surface area contributed by atoms with Crippen LogP contribution in [0.2, 0.25) is 0 Å². The largest absolute Gasteiger partial charge is 0.393 e. The van der Waals surface area contributed by atoms with E-state index in [4.69, 9.17) is 5.73 Å². The van der Waals surface area contributed by atoms with Crippen LogP contribution in [0.3, 0.4) is 0 Å². The number of aromatic nitrogens is 3. The first-order valence-corrected chi connectivity index (χ1v) is 11.7. The molecule has 2 fully saturated rings. The summed E-state index contributed by atoms with van der Waals surface area (Å²) in [7, 11) is 2.13. The molecule has 0 atom stereocenters. The Morgan fingerprint density at radius 2 is 1.85 bits per heavy atom. The van der Waals surface area contributed by atoms with Gasteiger partial charge in [-0.1, -0.05) is 6.92 Å². The summed E-state index contributed by atoms with van der Waals surface area (Å²) in [5.74, 6) is 0.861. The second kappa shape index (κ2) is 10.3. The number of carbonyl (C=O) groups excluding carboxylic acids is 1. The Kier molecular flexibility index (Phi) is 7.24. The summed E-state index contributed by atoms with van der Waals surface area (Å²) in [5.41, 5.74) is 7.47. The summed E-state index contributed by atoms with van der Waals surface area (Å²) in [6.07, 6.45) is 5.47. The van der Waals surface area contributed by atoms with E-state index in [-0.39, 0.29) is 23.7 Å². The molecular formula is C23H34N8O2. The number of aliphatic hydroxyl groups is 1. The van der Waals surface area contributed by atoms with E-state index in [2.05, 4.69) is 42.4 Å². The molecule has 5 N–H and O–H groups in total. The average molecular weight is 455 g/mol. The van der Waals surface area contributed by atoms with Gasteiger partial charge in [-0.3, -0.25) is 4.79 Å². The zero-order valence-corrected chi connectivity index (χ0v) is 19.4. The number of piperazine rings is 1. The van der Waals surface area contributed by atoms with Gasteiger partial charge in [0.2, 0.25) is 0 Å². The monoisotopic (exact) mass is 454 g/mol. The second-order valence-electron chi connectivity index (χ2n) is 8.90. The van der Waals surface area contributed by atoms with E-state index in [0.717, 1.165) is 57.5 Å². The van der Waals surface area contributed by atoms with Crippen LogP contribution in [0, 0.1) is 0 Å². The fourth-order valence-corrected chi connectivity index (χ4v) is 4.34. The molecule has 0 bridgehead atoms. The van der Waals surface area contributed by atoms with E-state index in [1.807, 2.05) is 25.3 Å². The third-order valence-corrected chi connectivity index (χ3v) is 6.44. The SMILES string of the molecule is CCc1nc(C(N)=O)c(Nc2ccc(N3CCN(C)CC3)cn2)nc1N[C@H]1CC[C@H](O)CC1. The lowest BCUT2D eigenvalue weighted by Gasteiger charge is -2.33. The molecule has 1 saturated carbocycles. The number of nitrogens with zero attached hydrogens (tertiary/aromatic N) is 5. The number of rotatable bonds is 7. The fraction of sp³-hybridized carbons (Fsp3) is 0.565. The van der Waals surface area contributed by atoms with Gasteiger partial charge in [-0.15, -0.1) is 0 Å². The van der Waals surface area contributed by atoms with E-state index in [1.54, 1.807) is 0 Å². The van der Waals surface area contributed by atoms with Crippen molar-refractivity contribution in [2.24, 2.45) is 5.73 Å². The van der Waals surface area contributed by atoms with Crippen molar-refractivity contribution in [1.82, 2.24) is 19.9 Å². The van der Waals surface area contributed by atoms with Crippen LogP contribution >= 0.6 is 0 Å². The summed E-state index contributed by atoms with van der Waals surface area (Å²) >= 11 is 0. The number of primary amides is 1. The third-order valence-electron chi connectivity index (χ3n) is 6.44. The first-order chi connectivity index (χ1) is 15.9. The van der Waals surface area contributed by atoms with Crippen LogP contribution in [-0.2, 0) is 6.42 Å². The van der Waals surface area contributed by atoms with Gasteiger partial charge in [-0.05, 0) is 51.3 Å². The number of hydrogen-bond donors (Lipinski definition) is 4. The number of anilines is 4. The highest BCUT2D eigenvalue weighted by atomic mass is 16.3. The molecule has 4 rings (SSSR count). The van der Waals surface area contributed by atoms with Gasteiger partial charge in [-0.2, -0.15) is 0 Å². The van der Waals surface area contributed by atoms with Crippen LogP contribution in [-0.4, -0.2) is 76.2 Å². The first kappa shape index (κ1) is 23.2. The van der Waals surface area contributed by atoms with Gasteiger partial charge in [0.05, 0.1) is 23.7 Å². The van der Waals surface area contributed by atoms with Crippen molar-refractivity contribution in [3.05, 3.63) is 29.7 Å². The van der Waals surface area contributed by atoms with Crippen LogP contribution in [0.5, 0.6) is 0 Å². The van der Waals surface area contributed by atoms with Crippen molar-refractivity contribution in [3.63, 3.8) is 0 Å². The molecule has 3 heterocycles. The predicted octanol–water partition coefficient (Wildman–Crippen LogP) is 1.74. The van der Waals surface area contributed by atoms with Crippen molar-refractivity contribution in [2.45, 2.75) is 51.2 Å². The van der Waals surface area contributed by atoms with E-state index in [1.165, 1.54) is 0 Å². The Morgan fingerprint density at radius 1 is 1.12 bits per heavy atom. The number of pyridine rings is 1. The van der Waals surface area contributed by atoms with E-state index < -0.39 is 5.91 Å². The Bertz CT molecular complexity index is 952. The maximum absolute atomic E-state index is 12.1. The van der Waals surface area contributed by atoms with Gasteiger partial charge in [0.1, 0.15) is 5.82 Å². The number of hydrogen-bond acceptors (Lipinski definition) is 9. The zero-order chi connectivity index (χ0) is 23.4. The minimum absolute atomic E-state index is 0.0985. The zero-order valence-electron chi connectivity index (χ0n) is 19.4. The molecule has 0 radical (unpaired) electrons. The molecule has 2 aromatic heterocycles. The Morgan fingerprint density at radius 3 is 2.45 bits per heavy atom. The molecule has 2 aromatic rings. The molecule has 178 valence electrons. The number of likely N-dealkylation sites (N-methyl/N-ethyl adjacent to an activating group) is 1. The number of amides is 1. The lowest BCUT2D eigenvalue weighted by molar-refractivity contribution is 0.0996. The van der Waals surface area contributed by atoms with Gasteiger partial charge in [-0.25, -0.2) is 15.0 Å². The second-order valence-corrected chi connectivity index (χ2v) is 8.90. The standard InChI is InChI=1S/C23H34N8O2/c1-3-18-22(26-15-4-7-17(32)8-5-15)29-23(20(27-18)21(24)33)28-19-9-6-16(14-25-19)31-12-10-30(2)11-13-31/h6,9,14-15,17,32H,3-5,7-8,10-13H2,1-2H3,(H2,24,33)(H2,25,26,28,29)/t15-,17-. The van der Waals surface area contributed by atoms with Crippen LogP contribution in [0.4, 0.5) is 23.1 Å². The van der Waals surface area contributed by atoms with Crippen molar-refractivity contribution in [3.8, 4) is 0 Å². The summed E-state index contributed by atoms with van der Waals surface area (Å²) in [6.45, 7) is 5.95. The average Bonchev–Trinajstić information content (AvgIpc) is 2.81. The Hall–Kier alpha value is -2.98. The topological polar surface area (TPSA) is 133 Å². The van der Waals surface area contributed by atoms with E-state index in [0.29, 0.717) is 23.8 Å². The van der Waals surface area contributed by atoms with Gasteiger partial charge < -0.3 is 31.3 Å². The minimum atomic E-state index is -0.638. The van der Waals surface area contributed by atoms with Crippen molar-refractivity contribution >= 4 is 29.0 Å². The summed E-state index contributed by atoms with van der Waals surface area (Å²) < 4.78 is 0. The van der Waals surface area contributed by atoms with Crippen molar-refractivity contribution in [2.75, 3.05) is 48.8 Å². The number of carbonyl (C=O) groups is 1. The minimum Gasteiger partial charge on any atom is -0.393 e. The van der Waals surface area contributed by atoms with Gasteiger partial charge >= 0.3 is 0 Å². The van der Waals surface area contributed by atoms with Crippen LogP contribution in [0.15, 0.2) is 18.3 Å². The molecule has 33 heavy (non-hydrogen) atoms. The van der Waals surface area contributed by atoms with Gasteiger partial charge in [0, 0.05) is 32.2 Å². The van der Waals surface area contributed by atoms with Crippen LogP contribution < -0.4 is 21.3 Å². The number of aryl methyl sites for hydroxylation is 1. The Balaban J connectivity index is 1.53. The highest BCUT2D eigenvalue weighted by Crippen LogP contribution is 2.26. The molecule has 0 aromatic carbocycles. The molecule has 2 aliphatic rings. The maximum Gasteiger partial charge on any atom is 0.271 e. The summed E-state index contributed by atoms with van der Waals surface area (Å²) in [4.78, 5) is 30.5. The number of aliphatic hydroxyl groups excluding tert-OH is 1. The first-order valence-electron chi connectivity index (χ1n) is 11.7. The molecule has 1 saturated heterocycles. The number of nitrogens with one attached hydrogen (secondary N) is 2. The predicted molar refractivity (Wildman–Crippen MR) is 129 cm³/mol. The molecule has 0 unspecified atom stereocenters. The maximum atomic E-state index is 12.1. The normalized spacial score (nSPS) is 21.6. The smallest absolute Gasteiger partial charge is 0.271 e. The molecule has 0 spiro atoms.